The van der Waals surface area contributed by atoms with Crippen molar-refractivity contribution in [3.63, 3.8) is 0 Å². The molecule has 6 heteroatoms. The van der Waals surface area contributed by atoms with Crippen molar-refractivity contribution in [3.8, 4) is 28.4 Å². The molecule has 0 heterocycles. The summed E-state index contributed by atoms with van der Waals surface area (Å²) in [6, 6.07) is 18.6. The van der Waals surface area contributed by atoms with Crippen LogP contribution in [0.1, 0.15) is 19.8 Å². The fourth-order valence-corrected chi connectivity index (χ4v) is 2.89. The third-order valence-corrected chi connectivity index (χ3v) is 4.45. The molecule has 0 bridgehead atoms. The van der Waals surface area contributed by atoms with Crippen molar-refractivity contribution >= 4 is 5.97 Å². The lowest BCUT2D eigenvalue weighted by Gasteiger charge is -2.16. The van der Waals surface area contributed by atoms with E-state index in [0.29, 0.717) is 22.6 Å². The van der Waals surface area contributed by atoms with Crippen LogP contribution in [0.5, 0.6) is 17.2 Å². The molecule has 0 saturated carbocycles. The second-order valence-corrected chi connectivity index (χ2v) is 6.76. The zero-order valence-electron chi connectivity index (χ0n) is 16.7. The maximum atomic E-state index is 14.6. The summed E-state index contributed by atoms with van der Waals surface area (Å²) >= 11 is 0. The molecule has 0 radical (unpaired) electrons. The molecule has 1 unspecified atom stereocenters. The molecule has 3 rings (SSSR count). The number of esters is 1. The van der Waals surface area contributed by atoms with Crippen LogP contribution in [0, 0.1) is 11.6 Å². The van der Waals surface area contributed by atoms with Crippen molar-refractivity contribution < 1.29 is 27.8 Å². The summed E-state index contributed by atoms with van der Waals surface area (Å²) in [6.45, 7) is 1.64. The van der Waals surface area contributed by atoms with Gasteiger partial charge in [0.2, 0.25) is 0 Å². The molecule has 0 aliphatic rings. The van der Waals surface area contributed by atoms with E-state index in [1.807, 2.05) is 30.3 Å². The molecule has 156 valence electrons. The zero-order chi connectivity index (χ0) is 21.5. The van der Waals surface area contributed by atoms with Gasteiger partial charge >= 0.3 is 5.97 Å². The molecule has 3 aromatic rings. The fourth-order valence-electron chi connectivity index (χ4n) is 2.89. The van der Waals surface area contributed by atoms with Crippen LogP contribution in [0.4, 0.5) is 8.78 Å². The van der Waals surface area contributed by atoms with Gasteiger partial charge in [0.1, 0.15) is 11.5 Å². The monoisotopic (exact) mass is 412 g/mol. The number of ether oxygens (including phenoxy) is 3. The van der Waals surface area contributed by atoms with Gasteiger partial charge in [-0.15, -0.1) is 0 Å². The number of carbonyl (C=O) groups is 1. The van der Waals surface area contributed by atoms with E-state index in [9.17, 15) is 13.6 Å². The highest BCUT2D eigenvalue weighted by Crippen LogP contribution is 2.32. The number of benzene rings is 3. The SMILES string of the molecule is COC(=O)CCC(C)Oc1c(F)cc(-c2cccc(Oc3ccccc3)c2)cc1F. The Morgan fingerprint density at radius 3 is 2.23 bits per heavy atom. The van der Waals surface area contributed by atoms with Crippen molar-refractivity contribution in [2.75, 3.05) is 7.11 Å². The maximum absolute atomic E-state index is 14.6. The van der Waals surface area contributed by atoms with E-state index in [1.54, 1.807) is 31.2 Å². The molecule has 30 heavy (non-hydrogen) atoms. The Kier molecular flexibility index (Phi) is 7.01. The Morgan fingerprint density at radius 2 is 1.57 bits per heavy atom. The minimum absolute atomic E-state index is 0.104. The number of rotatable bonds is 8. The normalized spacial score (nSPS) is 11.6. The second kappa shape index (κ2) is 9.87. The van der Waals surface area contributed by atoms with Crippen molar-refractivity contribution in [3.05, 3.63) is 78.4 Å². The van der Waals surface area contributed by atoms with E-state index in [-0.39, 0.29) is 12.8 Å². The van der Waals surface area contributed by atoms with Crippen molar-refractivity contribution in [2.45, 2.75) is 25.9 Å². The average molecular weight is 412 g/mol. The van der Waals surface area contributed by atoms with Crippen LogP contribution in [0.15, 0.2) is 66.7 Å². The van der Waals surface area contributed by atoms with Crippen LogP contribution >= 0.6 is 0 Å². The number of methoxy groups -OCH3 is 1. The lowest BCUT2D eigenvalue weighted by Crippen LogP contribution is -2.16. The van der Waals surface area contributed by atoms with Crippen molar-refractivity contribution in [1.82, 2.24) is 0 Å². The van der Waals surface area contributed by atoms with Crippen molar-refractivity contribution in [2.24, 2.45) is 0 Å². The maximum Gasteiger partial charge on any atom is 0.305 e. The highest BCUT2D eigenvalue weighted by molar-refractivity contribution is 5.69. The quantitative estimate of drug-likeness (QED) is 0.417. The van der Waals surface area contributed by atoms with Gasteiger partial charge in [-0.2, -0.15) is 0 Å². The first kappa shape index (κ1) is 21.3. The van der Waals surface area contributed by atoms with E-state index in [2.05, 4.69) is 4.74 Å². The lowest BCUT2D eigenvalue weighted by molar-refractivity contribution is -0.141. The topological polar surface area (TPSA) is 44.8 Å². The zero-order valence-corrected chi connectivity index (χ0v) is 16.7. The Labute approximate surface area is 174 Å². The van der Waals surface area contributed by atoms with E-state index in [1.165, 1.54) is 19.2 Å². The summed E-state index contributed by atoms with van der Waals surface area (Å²) < 4.78 is 44.9. The first-order valence-corrected chi connectivity index (χ1v) is 9.52. The molecular formula is C24H22F2O4. The van der Waals surface area contributed by atoms with E-state index >= 15 is 0 Å². The molecule has 1 atom stereocenters. The number of hydrogen-bond donors (Lipinski definition) is 0. The van der Waals surface area contributed by atoms with Crippen molar-refractivity contribution in [1.29, 1.82) is 0 Å². The number of carbonyl (C=O) groups excluding carboxylic acids is 1. The average Bonchev–Trinajstić information content (AvgIpc) is 2.75. The molecule has 0 amide bonds. The third kappa shape index (κ3) is 5.56. The minimum atomic E-state index is -0.815. The number of hydrogen-bond acceptors (Lipinski definition) is 4. The van der Waals surface area contributed by atoms with Gasteiger partial charge in [-0.05, 0) is 60.9 Å². The molecule has 0 fully saturated rings. The van der Waals surface area contributed by atoms with Gasteiger partial charge in [0.25, 0.3) is 0 Å². The molecule has 0 aliphatic heterocycles. The standard InChI is InChI=1S/C24H22F2O4/c1-16(11-12-23(27)28-2)29-24-21(25)14-18(15-22(24)26)17-7-6-10-20(13-17)30-19-8-4-3-5-9-19/h3-10,13-16H,11-12H2,1-2H3. The molecule has 0 aromatic heterocycles. The lowest BCUT2D eigenvalue weighted by atomic mass is 10.0. The fraction of sp³-hybridized carbons (Fsp3) is 0.208. The summed E-state index contributed by atoms with van der Waals surface area (Å²) in [5.41, 5.74) is 0.963. The minimum Gasteiger partial charge on any atom is -0.485 e. The van der Waals surface area contributed by atoms with Crippen LogP contribution in [-0.4, -0.2) is 19.2 Å². The largest absolute Gasteiger partial charge is 0.485 e. The third-order valence-electron chi connectivity index (χ3n) is 4.45. The van der Waals surface area contributed by atoms with Crippen LogP contribution in [0.3, 0.4) is 0 Å². The highest BCUT2D eigenvalue weighted by Gasteiger charge is 2.17. The second-order valence-electron chi connectivity index (χ2n) is 6.76. The Bertz CT molecular complexity index is 982. The highest BCUT2D eigenvalue weighted by atomic mass is 19.1. The van der Waals surface area contributed by atoms with Crippen LogP contribution < -0.4 is 9.47 Å². The molecular weight excluding hydrogens is 390 g/mol. The van der Waals surface area contributed by atoms with Crippen LogP contribution in [0.2, 0.25) is 0 Å². The summed E-state index contributed by atoms with van der Waals surface area (Å²) in [6.07, 6.45) is -0.166. The number of para-hydroxylation sites is 1. The van der Waals surface area contributed by atoms with Gasteiger partial charge in [0.15, 0.2) is 17.4 Å². The summed E-state index contributed by atoms with van der Waals surface area (Å²) in [7, 11) is 1.28. The predicted molar refractivity (Wildman–Crippen MR) is 110 cm³/mol. The molecule has 0 spiro atoms. The van der Waals surface area contributed by atoms with Gasteiger partial charge in [0.05, 0.1) is 13.2 Å². The first-order chi connectivity index (χ1) is 14.5. The van der Waals surface area contributed by atoms with Gasteiger partial charge in [0, 0.05) is 6.42 Å². The Morgan fingerprint density at radius 1 is 0.900 bits per heavy atom. The summed E-state index contributed by atoms with van der Waals surface area (Å²) in [4.78, 5) is 11.2. The summed E-state index contributed by atoms with van der Waals surface area (Å²) in [5.74, 6) is -1.28. The summed E-state index contributed by atoms with van der Waals surface area (Å²) in [5, 5.41) is 0. The molecule has 0 N–H and O–H groups in total. The molecule has 4 nitrogen and oxygen atoms in total. The van der Waals surface area contributed by atoms with E-state index in [4.69, 9.17) is 9.47 Å². The van der Waals surface area contributed by atoms with Gasteiger partial charge in [-0.1, -0.05) is 30.3 Å². The first-order valence-electron chi connectivity index (χ1n) is 9.52. The van der Waals surface area contributed by atoms with Crippen LogP contribution in [-0.2, 0) is 9.53 Å². The van der Waals surface area contributed by atoms with Gasteiger partial charge < -0.3 is 14.2 Å². The smallest absolute Gasteiger partial charge is 0.305 e. The molecule has 0 aliphatic carbocycles. The van der Waals surface area contributed by atoms with E-state index < -0.39 is 29.5 Å². The molecule has 0 saturated heterocycles. The van der Waals surface area contributed by atoms with Crippen LogP contribution in [0.25, 0.3) is 11.1 Å². The van der Waals surface area contributed by atoms with Gasteiger partial charge in [-0.25, -0.2) is 8.78 Å². The molecule has 3 aromatic carbocycles. The Balaban J connectivity index is 1.76. The van der Waals surface area contributed by atoms with Gasteiger partial charge in [-0.3, -0.25) is 4.79 Å². The Hall–Kier alpha value is -3.41. The van der Waals surface area contributed by atoms with E-state index in [0.717, 1.165) is 0 Å². The number of halogens is 2. The predicted octanol–water partition coefficient (Wildman–Crippen LogP) is 6.14.